The van der Waals surface area contributed by atoms with E-state index in [2.05, 4.69) is 0 Å². The second-order valence-electron chi connectivity index (χ2n) is 5.33. The summed E-state index contributed by atoms with van der Waals surface area (Å²) in [7, 11) is 0. The minimum absolute atomic E-state index is 0.0474. The van der Waals surface area contributed by atoms with Crippen molar-refractivity contribution in [2.24, 2.45) is 0 Å². The molecule has 1 N–H and O–H groups in total. The van der Waals surface area contributed by atoms with Crippen LogP contribution in [0.4, 0.5) is 0 Å². The molecule has 1 aliphatic heterocycles. The van der Waals surface area contributed by atoms with Gasteiger partial charge in [-0.15, -0.1) is 0 Å². The van der Waals surface area contributed by atoms with E-state index in [1.807, 2.05) is 4.90 Å². The average molecular weight is 318 g/mol. The zero-order chi connectivity index (χ0) is 16.7. The molecule has 0 aliphatic carbocycles. The average Bonchev–Trinajstić information content (AvgIpc) is 2.55. The third-order valence-corrected chi connectivity index (χ3v) is 3.65. The lowest BCUT2D eigenvalue weighted by Crippen LogP contribution is -2.49. The number of hydrogen-bond donors (Lipinski definition) is 1. The molecule has 124 valence electrons. The number of amides is 1. The van der Waals surface area contributed by atoms with E-state index in [-0.39, 0.29) is 24.2 Å². The second-order valence-corrected chi connectivity index (χ2v) is 5.33. The second kappa shape index (κ2) is 8.33. The van der Waals surface area contributed by atoms with Gasteiger partial charge in [0.1, 0.15) is 5.75 Å². The number of benzene rings is 1. The lowest BCUT2D eigenvalue weighted by atomic mass is 10.2. The van der Waals surface area contributed by atoms with Gasteiger partial charge >= 0.3 is 5.97 Å². The number of ether oxygens (including phenoxy) is 1. The molecule has 6 nitrogen and oxygen atoms in total. The van der Waals surface area contributed by atoms with Gasteiger partial charge in [-0.3, -0.25) is 14.5 Å². The molecule has 0 spiro atoms. The van der Waals surface area contributed by atoms with Crippen LogP contribution in [0, 0.1) is 0 Å². The third-order valence-electron chi connectivity index (χ3n) is 3.65. The number of nitrogens with zero attached hydrogens (tertiary/aromatic N) is 2. The van der Waals surface area contributed by atoms with E-state index < -0.39 is 0 Å². The Labute approximate surface area is 136 Å². The monoisotopic (exact) mass is 318 g/mol. The molecular formula is C17H22N2O4. The van der Waals surface area contributed by atoms with Crippen LogP contribution in [0.3, 0.4) is 0 Å². The number of aromatic hydroxyl groups is 1. The van der Waals surface area contributed by atoms with Crippen LogP contribution < -0.4 is 0 Å². The number of phenols is 1. The molecule has 1 saturated heterocycles. The first-order chi connectivity index (χ1) is 11.1. The largest absolute Gasteiger partial charge is 0.508 e. The molecule has 1 fully saturated rings. The molecule has 0 radical (unpaired) electrons. The first kappa shape index (κ1) is 17.0. The standard InChI is InChI=1S/C17H22N2O4/c1-2-23-17(22)13-18-9-11-19(12-10-18)16(21)8-5-14-3-6-15(20)7-4-14/h3-8,20H,2,9-13H2,1H3. The molecule has 1 aliphatic rings. The molecule has 1 heterocycles. The number of carbonyl (C=O) groups is 2. The number of rotatable bonds is 5. The van der Waals surface area contributed by atoms with Crippen molar-refractivity contribution in [3.05, 3.63) is 35.9 Å². The van der Waals surface area contributed by atoms with Crippen LogP contribution >= 0.6 is 0 Å². The highest BCUT2D eigenvalue weighted by Gasteiger charge is 2.21. The fourth-order valence-electron chi connectivity index (χ4n) is 2.37. The summed E-state index contributed by atoms with van der Waals surface area (Å²) in [6, 6.07) is 6.66. The van der Waals surface area contributed by atoms with E-state index in [9.17, 15) is 14.7 Å². The van der Waals surface area contributed by atoms with Crippen LogP contribution in [-0.2, 0) is 14.3 Å². The predicted octanol–water partition coefficient (Wildman–Crippen LogP) is 1.11. The zero-order valence-corrected chi connectivity index (χ0v) is 13.3. The summed E-state index contributed by atoms with van der Waals surface area (Å²) >= 11 is 0. The van der Waals surface area contributed by atoms with Crippen molar-refractivity contribution in [2.45, 2.75) is 6.92 Å². The van der Waals surface area contributed by atoms with E-state index in [1.165, 1.54) is 6.08 Å². The number of phenolic OH excluding ortho intramolecular Hbond substituents is 1. The summed E-state index contributed by atoms with van der Waals surface area (Å²) in [5, 5.41) is 9.22. The topological polar surface area (TPSA) is 70.1 Å². The molecular weight excluding hydrogens is 296 g/mol. The highest BCUT2D eigenvalue weighted by molar-refractivity contribution is 5.91. The highest BCUT2D eigenvalue weighted by Crippen LogP contribution is 2.11. The van der Waals surface area contributed by atoms with Gasteiger partial charge in [-0.1, -0.05) is 12.1 Å². The maximum absolute atomic E-state index is 12.1. The van der Waals surface area contributed by atoms with Crippen molar-refractivity contribution in [1.82, 2.24) is 9.80 Å². The zero-order valence-electron chi connectivity index (χ0n) is 13.3. The van der Waals surface area contributed by atoms with Crippen LogP contribution in [0.1, 0.15) is 12.5 Å². The van der Waals surface area contributed by atoms with Gasteiger partial charge in [0.15, 0.2) is 0 Å². The van der Waals surface area contributed by atoms with Crippen molar-refractivity contribution < 1.29 is 19.4 Å². The Morgan fingerprint density at radius 2 is 1.83 bits per heavy atom. The lowest BCUT2D eigenvalue weighted by molar-refractivity contribution is -0.145. The fourth-order valence-corrected chi connectivity index (χ4v) is 2.37. The SMILES string of the molecule is CCOC(=O)CN1CCN(C(=O)C=Cc2ccc(O)cc2)CC1. The van der Waals surface area contributed by atoms with Gasteiger partial charge in [0.2, 0.25) is 5.91 Å². The van der Waals surface area contributed by atoms with Gasteiger partial charge in [0.05, 0.1) is 13.2 Å². The van der Waals surface area contributed by atoms with Gasteiger partial charge in [-0.2, -0.15) is 0 Å². The molecule has 0 atom stereocenters. The van der Waals surface area contributed by atoms with E-state index >= 15 is 0 Å². The smallest absolute Gasteiger partial charge is 0.320 e. The Hall–Kier alpha value is -2.34. The molecule has 0 saturated carbocycles. The van der Waals surface area contributed by atoms with Gasteiger partial charge < -0.3 is 14.7 Å². The van der Waals surface area contributed by atoms with Crippen LogP contribution in [-0.4, -0.2) is 66.1 Å². The van der Waals surface area contributed by atoms with E-state index in [4.69, 9.17) is 4.74 Å². The summed E-state index contributed by atoms with van der Waals surface area (Å²) in [5.74, 6) is -0.0699. The van der Waals surface area contributed by atoms with Crippen molar-refractivity contribution in [1.29, 1.82) is 0 Å². The maximum atomic E-state index is 12.1. The van der Waals surface area contributed by atoms with Crippen molar-refractivity contribution >= 4 is 18.0 Å². The Kier molecular flexibility index (Phi) is 6.17. The lowest BCUT2D eigenvalue weighted by Gasteiger charge is -2.33. The van der Waals surface area contributed by atoms with Crippen molar-refractivity contribution in [2.75, 3.05) is 39.3 Å². The van der Waals surface area contributed by atoms with Gasteiger partial charge in [-0.25, -0.2) is 0 Å². The van der Waals surface area contributed by atoms with Crippen LogP contribution in [0.15, 0.2) is 30.3 Å². The number of piperazine rings is 1. The Morgan fingerprint density at radius 1 is 1.17 bits per heavy atom. The number of esters is 1. The van der Waals surface area contributed by atoms with Gasteiger partial charge in [0, 0.05) is 32.3 Å². The Bertz CT molecular complexity index is 560. The minimum Gasteiger partial charge on any atom is -0.508 e. The van der Waals surface area contributed by atoms with E-state index in [0.29, 0.717) is 32.8 Å². The van der Waals surface area contributed by atoms with Crippen LogP contribution in [0.2, 0.25) is 0 Å². The third kappa shape index (κ3) is 5.41. The quantitative estimate of drug-likeness (QED) is 0.650. The minimum atomic E-state index is -0.223. The molecule has 0 aromatic heterocycles. The van der Waals surface area contributed by atoms with Crippen LogP contribution in [0.5, 0.6) is 5.75 Å². The molecule has 6 heteroatoms. The van der Waals surface area contributed by atoms with E-state index in [0.717, 1.165) is 5.56 Å². The molecule has 0 unspecified atom stereocenters. The highest BCUT2D eigenvalue weighted by atomic mass is 16.5. The molecule has 0 bridgehead atoms. The molecule has 2 rings (SSSR count). The molecule has 1 amide bonds. The Morgan fingerprint density at radius 3 is 2.43 bits per heavy atom. The van der Waals surface area contributed by atoms with Crippen molar-refractivity contribution in [3.8, 4) is 5.75 Å². The summed E-state index contributed by atoms with van der Waals surface area (Å²) < 4.78 is 4.92. The van der Waals surface area contributed by atoms with Crippen molar-refractivity contribution in [3.63, 3.8) is 0 Å². The fraction of sp³-hybridized carbons (Fsp3) is 0.412. The van der Waals surface area contributed by atoms with Gasteiger partial charge in [-0.05, 0) is 30.7 Å². The molecule has 23 heavy (non-hydrogen) atoms. The Balaban J connectivity index is 1.79. The number of carbonyl (C=O) groups excluding carboxylic acids is 2. The van der Waals surface area contributed by atoms with E-state index in [1.54, 1.807) is 42.2 Å². The summed E-state index contributed by atoms with van der Waals surface area (Å²) in [6.45, 7) is 4.97. The first-order valence-corrected chi connectivity index (χ1v) is 7.72. The van der Waals surface area contributed by atoms with Crippen LogP contribution in [0.25, 0.3) is 6.08 Å². The van der Waals surface area contributed by atoms with Gasteiger partial charge in [0.25, 0.3) is 0 Å². The summed E-state index contributed by atoms with van der Waals surface area (Å²) in [6.07, 6.45) is 3.26. The summed E-state index contributed by atoms with van der Waals surface area (Å²) in [4.78, 5) is 27.3. The summed E-state index contributed by atoms with van der Waals surface area (Å²) in [5.41, 5.74) is 0.858. The maximum Gasteiger partial charge on any atom is 0.320 e. The molecule has 1 aromatic carbocycles. The number of hydrogen-bond acceptors (Lipinski definition) is 5. The first-order valence-electron chi connectivity index (χ1n) is 7.72. The molecule has 1 aromatic rings. The normalized spacial score (nSPS) is 15.8. The predicted molar refractivity (Wildman–Crippen MR) is 86.8 cm³/mol.